The average molecular weight is 590 g/mol. The van der Waals surface area contributed by atoms with Crippen LogP contribution in [0.2, 0.25) is 0 Å². The van der Waals surface area contributed by atoms with E-state index < -0.39 is 16.3 Å². The molecule has 0 spiro atoms. The third kappa shape index (κ3) is 5.65. The van der Waals surface area contributed by atoms with E-state index in [0.29, 0.717) is 66.1 Å². The molecule has 4 heterocycles. The molecule has 1 unspecified atom stereocenters. The summed E-state index contributed by atoms with van der Waals surface area (Å²) in [4.78, 5) is 26.4. The van der Waals surface area contributed by atoms with Crippen molar-refractivity contribution in [2.45, 2.75) is 32.2 Å². The molecule has 0 bridgehead atoms. The minimum atomic E-state index is -3.64. The Labute approximate surface area is 243 Å². The van der Waals surface area contributed by atoms with Crippen molar-refractivity contribution in [2.24, 2.45) is 0 Å². The largest absolute Gasteiger partial charge is 0.465 e. The number of nitrogens with one attached hydrogen (secondary N) is 2. The summed E-state index contributed by atoms with van der Waals surface area (Å²) < 4.78 is 36.2. The van der Waals surface area contributed by atoms with Gasteiger partial charge in [0.2, 0.25) is 11.8 Å². The maximum Gasteiger partial charge on any atom is 0.407 e. The van der Waals surface area contributed by atoms with E-state index in [1.165, 1.54) is 9.21 Å². The minimum absolute atomic E-state index is 0.0965. The van der Waals surface area contributed by atoms with Gasteiger partial charge < -0.3 is 20.1 Å². The number of rotatable bonds is 8. The van der Waals surface area contributed by atoms with Crippen molar-refractivity contribution in [3.63, 3.8) is 0 Å². The van der Waals surface area contributed by atoms with E-state index in [1.54, 1.807) is 36.7 Å². The second-order valence-corrected chi connectivity index (χ2v) is 12.1. The van der Waals surface area contributed by atoms with Gasteiger partial charge in [0.05, 0.1) is 16.9 Å². The van der Waals surface area contributed by atoms with Crippen LogP contribution in [0.1, 0.15) is 24.8 Å². The fourth-order valence-corrected chi connectivity index (χ4v) is 6.51. The quantitative estimate of drug-likeness (QED) is 0.266. The van der Waals surface area contributed by atoms with E-state index in [1.807, 2.05) is 31.2 Å². The molecule has 2 aromatic carbocycles. The summed E-state index contributed by atoms with van der Waals surface area (Å²) in [5.74, 6) is 1.28. The van der Waals surface area contributed by atoms with Crippen LogP contribution in [-0.2, 0) is 10.2 Å². The zero-order valence-corrected chi connectivity index (χ0v) is 23.8. The summed E-state index contributed by atoms with van der Waals surface area (Å²) in [6.45, 7) is 3.83. The molecule has 12 nitrogen and oxygen atoms in total. The first-order valence-electron chi connectivity index (χ1n) is 13.8. The van der Waals surface area contributed by atoms with Crippen LogP contribution in [0.15, 0.2) is 60.9 Å². The summed E-state index contributed by atoms with van der Waals surface area (Å²) >= 11 is 0. The van der Waals surface area contributed by atoms with Crippen LogP contribution < -0.4 is 14.8 Å². The van der Waals surface area contributed by atoms with Gasteiger partial charge in [0.1, 0.15) is 5.75 Å². The number of hydrogen-bond donors (Lipinski definition) is 3. The second kappa shape index (κ2) is 11.4. The van der Waals surface area contributed by atoms with Gasteiger partial charge in [-0.2, -0.15) is 12.7 Å². The van der Waals surface area contributed by atoms with Crippen molar-refractivity contribution < 1.29 is 23.1 Å². The number of pyridine rings is 1. The van der Waals surface area contributed by atoms with Crippen LogP contribution in [-0.4, -0.2) is 76.0 Å². The van der Waals surface area contributed by atoms with Crippen LogP contribution in [0.4, 0.5) is 16.4 Å². The molecule has 2 aromatic heterocycles. The minimum Gasteiger partial charge on any atom is -0.465 e. The van der Waals surface area contributed by atoms with E-state index >= 15 is 0 Å². The SMILES string of the molecule is Cc1ccc2c(NS(=O)(=O)N3CCC3)cccc2c1Oc1ncccc1-c1ccnc(NC2CCCN(C(=O)O)C2)n1. The van der Waals surface area contributed by atoms with Crippen LogP contribution >= 0.6 is 0 Å². The average Bonchev–Trinajstić information content (AvgIpc) is 2.94. The first-order chi connectivity index (χ1) is 20.3. The highest BCUT2D eigenvalue weighted by atomic mass is 32.2. The number of benzene rings is 2. The Morgan fingerprint density at radius 3 is 2.64 bits per heavy atom. The molecule has 42 heavy (non-hydrogen) atoms. The fraction of sp³-hybridized carbons (Fsp3) is 0.310. The number of fused-ring (bicyclic) bond motifs is 1. The Bertz CT molecular complexity index is 1750. The van der Waals surface area contributed by atoms with Gasteiger partial charge in [-0.05, 0) is 56.0 Å². The van der Waals surface area contributed by atoms with Crippen molar-refractivity contribution in [3.05, 3.63) is 66.5 Å². The second-order valence-electron chi connectivity index (χ2n) is 10.4. The van der Waals surface area contributed by atoms with Gasteiger partial charge in [0.15, 0.2) is 0 Å². The smallest absolute Gasteiger partial charge is 0.407 e. The Balaban J connectivity index is 1.29. The molecule has 1 atom stereocenters. The van der Waals surface area contributed by atoms with Crippen molar-refractivity contribution in [2.75, 3.05) is 36.2 Å². The number of aryl methyl sites for hydroxylation is 1. The van der Waals surface area contributed by atoms with Gasteiger partial charge >= 0.3 is 16.3 Å². The molecule has 218 valence electrons. The fourth-order valence-electron chi connectivity index (χ4n) is 5.19. The lowest BCUT2D eigenvalue weighted by Gasteiger charge is -2.31. The van der Waals surface area contributed by atoms with Gasteiger partial charge in [-0.3, -0.25) is 4.72 Å². The number of likely N-dealkylation sites (tertiary alicyclic amines) is 1. The molecule has 13 heteroatoms. The maximum absolute atomic E-state index is 12.8. The molecular formula is C29H31N7O5S. The lowest BCUT2D eigenvalue weighted by molar-refractivity contribution is 0.132. The van der Waals surface area contributed by atoms with E-state index in [-0.39, 0.29) is 6.04 Å². The highest BCUT2D eigenvalue weighted by molar-refractivity contribution is 7.90. The molecule has 0 radical (unpaired) electrons. The summed E-state index contributed by atoms with van der Waals surface area (Å²) in [7, 11) is -3.64. The molecule has 3 N–H and O–H groups in total. The molecule has 2 aliphatic heterocycles. The first-order valence-corrected chi connectivity index (χ1v) is 15.2. The molecule has 4 aromatic rings. The van der Waals surface area contributed by atoms with Crippen molar-refractivity contribution in [1.29, 1.82) is 0 Å². The monoisotopic (exact) mass is 589 g/mol. The molecule has 2 fully saturated rings. The van der Waals surface area contributed by atoms with Gasteiger partial charge in [0, 0.05) is 55.4 Å². The van der Waals surface area contributed by atoms with Crippen LogP contribution in [0.5, 0.6) is 11.6 Å². The van der Waals surface area contributed by atoms with E-state index in [2.05, 4.69) is 25.0 Å². The summed E-state index contributed by atoms with van der Waals surface area (Å²) in [5.41, 5.74) is 2.56. The number of hydrogen-bond acceptors (Lipinski definition) is 8. The lowest BCUT2D eigenvalue weighted by atomic mass is 10.0. The highest BCUT2D eigenvalue weighted by Crippen LogP contribution is 2.39. The number of carboxylic acid groups (broad SMARTS) is 1. The van der Waals surface area contributed by atoms with Gasteiger partial charge in [-0.25, -0.2) is 19.7 Å². The van der Waals surface area contributed by atoms with Crippen LogP contribution in [0, 0.1) is 6.92 Å². The normalized spacial score (nSPS) is 17.5. The summed E-state index contributed by atoms with van der Waals surface area (Å²) in [6, 6.07) is 14.5. The number of piperidine rings is 1. The Morgan fingerprint density at radius 1 is 1.00 bits per heavy atom. The van der Waals surface area contributed by atoms with Gasteiger partial charge in [0.25, 0.3) is 0 Å². The Morgan fingerprint density at radius 2 is 1.86 bits per heavy atom. The molecule has 1 amide bonds. The predicted octanol–water partition coefficient (Wildman–Crippen LogP) is 4.71. The molecule has 0 aliphatic carbocycles. The maximum atomic E-state index is 12.8. The topological polar surface area (TPSA) is 150 Å². The number of ether oxygens (including phenoxy) is 1. The van der Waals surface area contributed by atoms with Crippen molar-refractivity contribution in [3.8, 4) is 22.9 Å². The number of amides is 1. The zero-order valence-electron chi connectivity index (χ0n) is 23.0. The highest BCUT2D eigenvalue weighted by Gasteiger charge is 2.28. The van der Waals surface area contributed by atoms with E-state index in [9.17, 15) is 18.3 Å². The molecule has 2 saturated heterocycles. The summed E-state index contributed by atoms with van der Waals surface area (Å²) in [5, 5.41) is 14.1. The number of anilines is 2. The van der Waals surface area contributed by atoms with Crippen LogP contribution in [0.3, 0.4) is 0 Å². The Kier molecular flexibility index (Phi) is 7.52. The van der Waals surface area contributed by atoms with E-state index in [4.69, 9.17) is 4.74 Å². The van der Waals surface area contributed by atoms with E-state index in [0.717, 1.165) is 30.2 Å². The zero-order chi connectivity index (χ0) is 29.3. The van der Waals surface area contributed by atoms with Crippen LogP contribution in [0.25, 0.3) is 22.0 Å². The predicted molar refractivity (Wildman–Crippen MR) is 159 cm³/mol. The third-order valence-electron chi connectivity index (χ3n) is 7.53. The summed E-state index contributed by atoms with van der Waals surface area (Å²) in [6.07, 6.45) is 4.77. The first kappa shape index (κ1) is 27.7. The van der Waals surface area contributed by atoms with Gasteiger partial charge in [-0.1, -0.05) is 24.3 Å². The molecule has 6 rings (SSSR count). The molecule has 2 aliphatic rings. The number of nitrogens with zero attached hydrogens (tertiary/aromatic N) is 5. The number of aromatic nitrogens is 3. The number of carbonyl (C=O) groups is 1. The lowest BCUT2D eigenvalue weighted by Crippen LogP contribution is -2.45. The van der Waals surface area contributed by atoms with Crippen molar-refractivity contribution >= 4 is 38.7 Å². The van der Waals surface area contributed by atoms with Crippen molar-refractivity contribution in [1.82, 2.24) is 24.2 Å². The standard InChI is InChI=1S/C29H31N7O5S/c1-19-10-11-21-22(7-2-9-25(21)34-42(39,40)36-16-5-17-36)26(19)41-27-23(8-3-13-30-27)24-12-14-31-28(33-24)32-20-6-4-15-35(18-20)29(37)38/h2-3,7-14,20,34H,4-6,15-18H2,1H3,(H,37,38)(H,31,32,33). The molecule has 0 saturated carbocycles. The Hall–Kier alpha value is -4.49. The third-order valence-corrected chi connectivity index (χ3v) is 9.05. The van der Waals surface area contributed by atoms with Gasteiger partial charge in [-0.15, -0.1) is 0 Å². The molecular weight excluding hydrogens is 558 g/mol.